The van der Waals surface area contributed by atoms with Crippen molar-refractivity contribution in [2.45, 2.75) is 31.6 Å². The fourth-order valence-electron chi connectivity index (χ4n) is 4.61. The van der Waals surface area contributed by atoms with Crippen LogP contribution in [0.1, 0.15) is 41.3 Å². The lowest BCUT2D eigenvalue weighted by molar-refractivity contribution is -0.131. The molecule has 0 radical (unpaired) electrons. The van der Waals surface area contributed by atoms with Crippen LogP contribution in [0.4, 0.5) is 4.39 Å². The summed E-state index contributed by atoms with van der Waals surface area (Å²) >= 11 is 0. The number of pyridine rings is 1. The van der Waals surface area contributed by atoms with E-state index in [0.717, 1.165) is 59.3 Å². The number of nitrogens with one attached hydrogen (secondary N) is 1. The molecule has 2 aromatic heterocycles. The van der Waals surface area contributed by atoms with Gasteiger partial charge >= 0.3 is 0 Å². The van der Waals surface area contributed by atoms with Gasteiger partial charge in [-0.3, -0.25) is 9.78 Å². The predicted octanol–water partition coefficient (Wildman–Crippen LogP) is 5.24. The number of hydrogen-bond donors (Lipinski definition) is 1. The molecule has 1 fully saturated rings. The molecule has 1 saturated heterocycles. The van der Waals surface area contributed by atoms with Crippen LogP contribution in [0.2, 0.25) is 0 Å². The fraction of sp³-hybridized carbons (Fsp3) is 0.259. The third-order valence-corrected chi connectivity index (χ3v) is 6.41. The third-order valence-electron chi connectivity index (χ3n) is 6.41. The molecule has 162 valence electrons. The molecule has 3 heterocycles. The zero-order chi connectivity index (χ0) is 21.9. The second kappa shape index (κ2) is 8.95. The van der Waals surface area contributed by atoms with E-state index in [9.17, 15) is 9.18 Å². The van der Waals surface area contributed by atoms with E-state index >= 15 is 0 Å². The van der Waals surface area contributed by atoms with Crippen molar-refractivity contribution < 1.29 is 9.18 Å². The zero-order valence-corrected chi connectivity index (χ0v) is 17.9. The number of para-hydroxylation sites is 1. The summed E-state index contributed by atoms with van der Waals surface area (Å²) in [5.74, 6) is 0.327. The van der Waals surface area contributed by atoms with Crippen LogP contribution in [0, 0.1) is 5.82 Å². The van der Waals surface area contributed by atoms with Gasteiger partial charge in [-0.15, -0.1) is 0 Å². The molecule has 0 spiro atoms. The molecule has 5 heteroatoms. The van der Waals surface area contributed by atoms with Gasteiger partial charge in [0.15, 0.2) is 0 Å². The van der Waals surface area contributed by atoms with Gasteiger partial charge in [-0.25, -0.2) is 4.39 Å². The largest absolute Gasteiger partial charge is 0.361 e. The Morgan fingerprint density at radius 3 is 2.59 bits per heavy atom. The molecule has 1 aliphatic heterocycles. The van der Waals surface area contributed by atoms with E-state index in [1.165, 1.54) is 12.1 Å². The second-order valence-corrected chi connectivity index (χ2v) is 8.55. The summed E-state index contributed by atoms with van der Waals surface area (Å²) in [5.41, 5.74) is 5.26. The minimum Gasteiger partial charge on any atom is -0.361 e. The maximum absolute atomic E-state index is 13.2. The van der Waals surface area contributed by atoms with Crippen molar-refractivity contribution in [2.75, 3.05) is 13.1 Å². The van der Waals surface area contributed by atoms with Gasteiger partial charge < -0.3 is 9.88 Å². The first-order valence-electron chi connectivity index (χ1n) is 11.2. The van der Waals surface area contributed by atoms with Crippen LogP contribution in [-0.2, 0) is 17.6 Å². The number of benzene rings is 2. The molecule has 5 rings (SSSR count). The first kappa shape index (κ1) is 20.4. The van der Waals surface area contributed by atoms with E-state index in [-0.39, 0.29) is 11.7 Å². The summed E-state index contributed by atoms with van der Waals surface area (Å²) < 4.78 is 13.2. The number of likely N-dealkylation sites (tertiary alicyclic amines) is 1. The van der Waals surface area contributed by atoms with Crippen molar-refractivity contribution >= 4 is 16.8 Å². The number of nitrogens with zero attached hydrogens (tertiary/aromatic N) is 2. The molecule has 4 nitrogen and oxygen atoms in total. The number of carbonyl (C=O) groups excluding carboxylic acids is 1. The van der Waals surface area contributed by atoms with Crippen molar-refractivity contribution in [1.29, 1.82) is 0 Å². The first-order valence-corrected chi connectivity index (χ1v) is 11.2. The number of amides is 1. The smallest absolute Gasteiger partial charge is 0.227 e. The van der Waals surface area contributed by atoms with E-state index in [4.69, 9.17) is 4.98 Å². The summed E-state index contributed by atoms with van der Waals surface area (Å²) in [7, 11) is 0. The van der Waals surface area contributed by atoms with Crippen LogP contribution >= 0.6 is 0 Å². The number of piperidine rings is 1. The summed E-state index contributed by atoms with van der Waals surface area (Å²) in [5, 5.41) is 1.12. The Morgan fingerprint density at radius 1 is 1.00 bits per heavy atom. The number of hydrogen-bond acceptors (Lipinski definition) is 2. The Morgan fingerprint density at radius 2 is 1.78 bits per heavy atom. The standard InChI is InChI=1S/C27H26FN3O/c28-22-10-8-19(9-11-22)16-23-4-3-7-25(30-23)20-12-14-31(15-13-20)27(32)17-21-18-29-26-6-2-1-5-24(21)26/h1-11,18,20,29H,12-17H2. The highest BCUT2D eigenvalue weighted by Crippen LogP contribution is 2.28. The maximum Gasteiger partial charge on any atom is 0.227 e. The van der Waals surface area contributed by atoms with Gasteiger partial charge in [-0.05, 0) is 54.3 Å². The predicted molar refractivity (Wildman–Crippen MR) is 124 cm³/mol. The lowest BCUT2D eigenvalue weighted by Gasteiger charge is -2.32. The van der Waals surface area contributed by atoms with Crippen LogP contribution in [0.3, 0.4) is 0 Å². The molecule has 0 bridgehead atoms. The van der Waals surface area contributed by atoms with Crippen LogP contribution in [0.25, 0.3) is 10.9 Å². The Labute approximate surface area is 187 Å². The molecule has 32 heavy (non-hydrogen) atoms. The number of aromatic amines is 1. The Bertz CT molecular complexity index is 1220. The number of carbonyl (C=O) groups is 1. The summed E-state index contributed by atoms with van der Waals surface area (Å²) in [6, 6.07) is 20.8. The molecule has 0 unspecified atom stereocenters. The lowest BCUT2D eigenvalue weighted by atomic mass is 9.92. The topological polar surface area (TPSA) is 49.0 Å². The average Bonchev–Trinajstić information content (AvgIpc) is 3.24. The number of fused-ring (bicyclic) bond motifs is 1. The summed E-state index contributed by atoms with van der Waals surface area (Å²) in [6.07, 6.45) is 4.92. The van der Waals surface area contributed by atoms with Crippen LogP contribution < -0.4 is 0 Å². The Balaban J connectivity index is 1.20. The molecule has 1 N–H and O–H groups in total. The summed E-state index contributed by atoms with van der Waals surface area (Å²) in [6.45, 7) is 1.52. The van der Waals surface area contributed by atoms with Gasteiger partial charge in [-0.1, -0.05) is 36.4 Å². The SMILES string of the molecule is O=C(Cc1c[nH]c2ccccc12)N1CCC(c2cccc(Cc3ccc(F)cc3)n2)CC1. The molecule has 0 saturated carbocycles. The van der Waals surface area contributed by atoms with Crippen LogP contribution in [-0.4, -0.2) is 33.9 Å². The minimum absolute atomic E-state index is 0.186. The van der Waals surface area contributed by atoms with E-state index < -0.39 is 0 Å². The highest BCUT2D eigenvalue weighted by molar-refractivity contribution is 5.88. The van der Waals surface area contributed by atoms with Gasteiger partial charge in [-0.2, -0.15) is 0 Å². The minimum atomic E-state index is -0.221. The molecule has 2 aromatic carbocycles. The number of aromatic nitrogens is 2. The van der Waals surface area contributed by atoms with E-state index in [2.05, 4.69) is 23.2 Å². The quantitative estimate of drug-likeness (QED) is 0.473. The molecule has 1 amide bonds. The van der Waals surface area contributed by atoms with E-state index in [1.54, 1.807) is 0 Å². The van der Waals surface area contributed by atoms with Crippen molar-refractivity contribution in [3.8, 4) is 0 Å². The van der Waals surface area contributed by atoms with Crippen LogP contribution in [0.15, 0.2) is 72.9 Å². The highest BCUT2D eigenvalue weighted by Gasteiger charge is 2.25. The Hall–Kier alpha value is -3.47. The van der Waals surface area contributed by atoms with E-state index in [0.29, 0.717) is 18.8 Å². The second-order valence-electron chi connectivity index (χ2n) is 8.55. The van der Waals surface area contributed by atoms with Crippen molar-refractivity contribution in [3.63, 3.8) is 0 Å². The average molecular weight is 428 g/mol. The van der Waals surface area contributed by atoms with Gasteiger partial charge in [0.25, 0.3) is 0 Å². The number of halogens is 1. The van der Waals surface area contributed by atoms with Gasteiger partial charge in [0, 0.05) is 53.9 Å². The summed E-state index contributed by atoms with van der Waals surface area (Å²) in [4.78, 5) is 23.0. The number of rotatable bonds is 5. The van der Waals surface area contributed by atoms with Gasteiger partial charge in [0.1, 0.15) is 5.82 Å². The third kappa shape index (κ3) is 4.42. The zero-order valence-electron chi connectivity index (χ0n) is 17.9. The van der Waals surface area contributed by atoms with Crippen molar-refractivity contribution in [3.05, 3.63) is 101 Å². The van der Waals surface area contributed by atoms with Gasteiger partial charge in [0.2, 0.25) is 5.91 Å². The van der Waals surface area contributed by atoms with Crippen molar-refractivity contribution in [1.82, 2.24) is 14.9 Å². The first-order chi connectivity index (χ1) is 15.7. The van der Waals surface area contributed by atoms with Gasteiger partial charge in [0.05, 0.1) is 6.42 Å². The molecular weight excluding hydrogens is 401 g/mol. The lowest BCUT2D eigenvalue weighted by Crippen LogP contribution is -2.38. The fourth-order valence-corrected chi connectivity index (χ4v) is 4.61. The molecule has 0 aliphatic carbocycles. The van der Waals surface area contributed by atoms with Crippen LogP contribution in [0.5, 0.6) is 0 Å². The van der Waals surface area contributed by atoms with Crippen molar-refractivity contribution in [2.24, 2.45) is 0 Å². The highest BCUT2D eigenvalue weighted by atomic mass is 19.1. The molecule has 0 atom stereocenters. The monoisotopic (exact) mass is 427 g/mol. The molecular formula is C27H26FN3O. The Kier molecular flexibility index (Phi) is 5.71. The maximum atomic E-state index is 13.2. The normalized spacial score (nSPS) is 14.7. The molecule has 1 aliphatic rings. The molecule has 4 aromatic rings. The number of H-pyrrole nitrogens is 1. The van der Waals surface area contributed by atoms with E-state index in [1.807, 2.05) is 47.5 Å².